The fourth-order valence-electron chi connectivity index (χ4n) is 1.13. The number of rotatable bonds is 4. The minimum absolute atomic E-state index is 0.252. The molecule has 0 fully saturated rings. The van der Waals surface area contributed by atoms with Crippen molar-refractivity contribution < 1.29 is 14.3 Å². The smallest absolute Gasteiger partial charge is 0.407 e. The standard InChI is InChI=1S/C11H20N2O3/c1-6-7-12-9(14)8(11(2,3)4)13-10(15)16-5/h6,8H,1,7H2,2-5H3,(H,12,14)(H,13,15). The summed E-state index contributed by atoms with van der Waals surface area (Å²) in [4.78, 5) is 22.9. The van der Waals surface area contributed by atoms with Crippen molar-refractivity contribution in [2.24, 2.45) is 5.41 Å². The molecule has 5 nitrogen and oxygen atoms in total. The normalized spacial score (nSPS) is 12.5. The molecule has 0 spiro atoms. The number of methoxy groups -OCH3 is 1. The highest BCUT2D eigenvalue weighted by Crippen LogP contribution is 2.19. The number of alkyl carbamates (subject to hydrolysis) is 1. The highest BCUT2D eigenvalue weighted by molar-refractivity contribution is 5.86. The van der Waals surface area contributed by atoms with E-state index in [0.29, 0.717) is 6.54 Å². The number of carbonyl (C=O) groups is 2. The average Bonchev–Trinajstić information content (AvgIpc) is 2.20. The van der Waals surface area contributed by atoms with Crippen molar-refractivity contribution in [2.45, 2.75) is 26.8 Å². The highest BCUT2D eigenvalue weighted by atomic mass is 16.5. The third kappa shape index (κ3) is 4.82. The Morgan fingerprint density at radius 3 is 2.38 bits per heavy atom. The molecule has 0 saturated carbocycles. The first-order chi connectivity index (χ1) is 7.32. The van der Waals surface area contributed by atoms with Gasteiger partial charge in [0.2, 0.25) is 5.91 Å². The maximum atomic E-state index is 11.8. The Morgan fingerprint density at radius 1 is 1.44 bits per heavy atom. The Morgan fingerprint density at radius 2 is 2.00 bits per heavy atom. The van der Waals surface area contributed by atoms with Crippen molar-refractivity contribution in [1.29, 1.82) is 0 Å². The SMILES string of the molecule is C=CCNC(=O)C(NC(=O)OC)C(C)(C)C. The number of hydrogen-bond donors (Lipinski definition) is 2. The molecule has 0 aromatic rings. The fourth-order valence-corrected chi connectivity index (χ4v) is 1.13. The van der Waals surface area contributed by atoms with E-state index in [9.17, 15) is 9.59 Å². The summed E-state index contributed by atoms with van der Waals surface area (Å²) in [5.41, 5.74) is -0.389. The van der Waals surface area contributed by atoms with Gasteiger partial charge in [-0.3, -0.25) is 4.79 Å². The van der Waals surface area contributed by atoms with Crippen LogP contribution in [0.2, 0.25) is 0 Å². The summed E-state index contributed by atoms with van der Waals surface area (Å²) in [5, 5.41) is 5.15. The molecule has 0 aromatic carbocycles. The van der Waals surface area contributed by atoms with E-state index in [1.165, 1.54) is 7.11 Å². The van der Waals surface area contributed by atoms with E-state index in [-0.39, 0.29) is 11.3 Å². The zero-order valence-electron chi connectivity index (χ0n) is 10.3. The van der Waals surface area contributed by atoms with Crippen LogP contribution in [0.3, 0.4) is 0 Å². The third-order valence-electron chi connectivity index (χ3n) is 2.00. The van der Waals surface area contributed by atoms with Crippen LogP contribution < -0.4 is 10.6 Å². The fraction of sp³-hybridized carbons (Fsp3) is 0.636. The van der Waals surface area contributed by atoms with Gasteiger partial charge in [-0.2, -0.15) is 0 Å². The number of ether oxygens (including phenoxy) is 1. The van der Waals surface area contributed by atoms with E-state index in [4.69, 9.17) is 0 Å². The molecule has 1 unspecified atom stereocenters. The van der Waals surface area contributed by atoms with Gasteiger partial charge >= 0.3 is 6.09 Å². The molecule has 0 radical (unpaired) electrons. The second-order valence-corrected chi connectivity index (χ2v) is 4.47. The molecule has 0 heterocycles. The Labute approximate surface area is 96.2 Å². The lowest BCUT2D eigenvalue weighted by Crippen LogP contribution is -2.53. The van der Waals surface area contributed by atoms with Gasteiger partial charge in [-0.05, 0) is 5.41 Å². The van der Waals surface area contributed by atoms with Gasteiger partial charge in [0.05, 0.1) is 7.11 Å². The molecule has 0 bridgehead atoms. The summed E-state index contributed by atoms with van der Waals surface area (Å²) in [7, 11) is 1.26. The Bertz CT molecular complexity index is 269. The maximum absolute atomic E-state index is 11.8. The molecule has 2 N–H and O–H groups in total. The summed E-state index contributed by atoms with van der Waals surface area (Å²) in [5.74, 6) is -0.252. The van der Waals surface area contributed by atoms with Gasteiger partial charge in [-0.15, -0.1) is 6.58 Å². The second kappa shape index (κ2) is 6.15. The van der Waals surface area contributed by atoms with Crippen molar-refractivity contribution in [3.63, 3.8) is 0 Å². The van der Waals surface area contributed by atoms with E-state index in [2.05, 4.69) is 21.9 Å². The molecule has 0 saturated heterocycles. The van der Waals surface area contributed by atoms with Crippen LogP contribution in [0.4, 0.5) is 4.79 Å². The van der Waals surface area contributed by atoms with Gasteiger partial charge in [0.1, 0.15) is 6.04 Å². The van der Waals surface area contributed by atoms with Gasteiger partial charge < -0.3 is 15.4 Å². The van der Waals surface area contributed by atoms with Crippen LogP contribution in [0.1, 0.15) is 20.8 Å². The first kappa shape index (κ1) is 14.5. The highest BCUT2D eigenvalue weighted by Gasteiger charge is 2.32. The van der Waals surface area contributed by atoms with Crippen LogP contribution >= 0.6 is 0 Å². The number of hydrogen-bond acceptors (Lipinski definition) is 3. The zero-order valence-corrected chi connectivity index (χ0v) is 10.3. The second-order valence-electron chi connectivity index (χ2n) is 4.47. The van der Waals surface area contributed by atoms with Gasteiger partial charge in [0, 0.05) is 6.54 Å². The molecule has 5 heteroatoms. The maximum Gasteiger partial charge on any atom is 0.407 e. The van der Waals surface area contributed by atoms with Crippen molar-refractivity contribution in [2.75, 3.05) is 13.7 Å². The predicted octanol–water partition coefficient (Wildman–Crippen LogP) is 1.06. The van der Waals surface area contributed by atoms with Crippen molar-refractivity contribution in [3.8, 4) is 0 Å². The van der Waals surface area contributed by atoms with E-state index in [1.807, 2.05) is 20.8 Å². The van der Waals surface area contributed by atoms with E-state index in [0.717, 1.165) is 0 Å². The van der Waals surface area contributed by atoms with E-state index >= 15 is 0 Å². The summed E-state index contributed by atoms with van der Waals surface area (Å²) in [6.45, 7) is 9.46. The van der Waals surface area contributed by atoms with Crippen LogP contribution in [0.5, 0.6) is 0 Å². The van der Waals surface area contributed by atoms with Crippen LogP contribution in [-0.2, 0) is 9.53 Å². The number of carbonyl (C=O) groups excluding carboxylic acids is 2. The predicted molar refractivity (Wildman–Crippen MR) is 62.0 cm³/mol. The summed E-state index contributed by atoms with van der Waals surface area (Å²) in [6, 6.07) is -0.639. The lowest BCUT2D eigenvalue weighted by Gasteiger charge is -2.29. The van der Waals surface area contributed by atoms with Crippen molar-refractivity contribution in [1.82, 2.24) is 10.6 Å². The van der Waals surface area contributed by atoms with E-state index in [1.54, 1.807) is 6.08 Å². The lowest BCUT2D eigenvalue weighted by atomic mass is 9.86. The minimum Gasteiger partial charge on any atom is -0.453 e. The van der Waals surface area contributed by atoms with Crippen molar-refractivity contribution >= 4 is 12.0 Å². The average molecular weight is 228 g/mol. The summed E-state index contributed by atoms with van der Waals surface area (Å²) < 4.78 is 4.48. The van der Waals surface area contributed by atoms with Crippen molar-refractivity contribution in [3.05, 3.63) is 12.7 Å². The molecule has 0 aliphatic rings. The van der Waals surface area contributed by atoms with Gasteiger partial charge in [-0.1, -0.05) is 26.8 Å². The summed E-state index contributed by atoms with van der Waals surface area (Å²) in [6.07, 6.45) is 0.962. The van der Waals surface area contributed by atoms with Crippen LogP contribution in [-0.4, -0.2) is 31.7 Å². The zero-order chi connectivity index (χ0) is 12.8. The monoisotopic (exact) mass is 228 g/mol. The first-order valence-electron chi connectivity index (χ1n) is 5.06. The van der Waals surface area contributed by atoms with Crippen LogP contribution in [0, 0.1) is 5.41 Å². The molecule has 0 aromatic heterocycles. The minimum atomic E-state index is -0.639. The van der Waals surface area contributed by atoms with Crippen LogP contribution in [0.15, 0.2) is 12.7 Å². The molecular weight excluding hydrogens is 208 g/mol. The van der Waals surface area contributed by atoms with E-state index < -0.39 is 12.1 Å². The molecule has 0 rings (SSSR count). The Hall–Kier alpha value is -1.52. The molecule has 16 heavy (non-hydrogen) atoms. The van der Waals surface area contributed by atoms with Gasteiger partial charge in [-0.25, -0.2) is 4.79 Å². The number of nitrogens with one attached hydrogen (secondary N) is 2. The van der Waals surface area contributed by atoms with Crippen LogP contribution in [0.25, 0.3) is 0 Å². The molecule has 1 atom stereocenters. The first-order valence-corrected chi connectivity index (χ1v) is 5.06. The molecule has 2 amide bonds. The molecule has 0 aliphatic carbocycles. The largest absolute Gasteiger partial charge is 0.453 e. The van der Waals surface area contributed by atoms with Gasteiger partial charge in [0.25, 0.3) is 0 Å². The Balaban J connectivity index is 4.61. The topological polar surface area (TPSA) is 67.4 Å². The third-order valence-corrected chi connectivity index (χ3v) is 2.00. The summed E-state index contributed by atoms with van der Waals surface area (Å²) >= 11 is 0. The molecular formula is C11H20N2O3. The molecule has 0 aliphatic heterocycles. The number of amides is 2. The Kier molecular flexibility index (Phi) is 5.56. The van der Waals surface area contributed by atoms with Gasteiger partial charge in [0.15, 0.2) is 0 Å². The lowest BCUT2D eigenvalue weighted by molar-refractivity contribution is -0.125. The quantitative estimate of drug-likeness (QED) is 0.707. The molecule has 92 valence electrons.